The van der Waals surface area contributed by atoms with E-state index in [2.05, 4.69) is 92.0 Å². The summed E-state index contributed by atoms with van der Waals surface area (Å²) in [7, 11) is 1.10. The first-order chi connectivity index (χ1) is 32.0. The second-order valence-corrected chi connectivity index (χ2v) is 23.0. The number of benzene rings is 2. The number of hydrogen-bond donors (Lipinski definition) is 5. The standard InChI is InChI=1S/C25H38BNO3.C15H28BNO2.C10H13NO2.C2HF3O2.HI/c1-16(2)12-22(27-23(28)17(3)13-18-10-8-7-9-11-18)26-29-21-15-19-14-20(24(19,4)5)25(21,6)30-26;1-9(2)6-13(17)16-18-12-8-10-7-11(14(10,3)4)15(12,5)19-16;1-11-9(10(12)13)7-8-5-3-2-4-6-8;3-2(4,5)1(6)7;/h7-11,16-17,19-22H,12-15H2,1-6H3,(H,27,28);9-13H,6-8,17H2,1-5H3;2-6,9,11H,7H2,1H3,(H,12,13);(H,6,7);1H/t17-,19-,20-,21+,22-,25-;10-,11-,12+,13-,15-;9-;;/m000../s1. The van der Waals surface area contributed by atoms with Crippen LogP contribution in [-0.4, -0.2) is 96.9 Å². The average molecular weight is 1100 g/mol. The van der Waals surface area contributed by atoms with Crippen LogP contribution in [0.4, 0.5) is 13.2 Å². The molecule has 2 heterocycles. The van der Waals surface area contributed by atoms with Crippen molar-refractivity contribution in [3.05, 3.63) is 71.8 Å². The van der Waals surface area contributed by atoms with Gasteiger partial charge in [0.2, 0.25) is 5.91 Å². The third-order valence-electron chi connectivity index (χ3n) is 16.4. The third kappa shape index (κ3) is 13.9. The highest BCUT2D eigenvalue weighted by atomic mass is 127. The predicted octanol–water partition coefficient (Wildman–Crippen LogP) is 9.44. The highest BCUT2D eigenvalue weighted by Gasteiger charge is 2.69. The van der Waals surface area contributed by atoms with Gasteiger partial charge in [-0.25, -0.2) is 4.79 Å². The summed E-state index contributed by atoms with van der Waals surface area (Å²) in [5, 5.41) is 21.9. The molecule has 12 atom stereocenters. The van der Waals surface area contributed by atoms with Crippen molar-refractivity contribution in [2.45, 2.75) is 175 Å². The van der Waals surface area contributed by atoms with Crippen molar-refractivity contribution in [1.29, 1.82) is 0 Å². The first-order valence-electron chi connectivity index (χ1n) is 25.0. The number of alkyl halides is 3. The average Bonchev–Trinajstić information content (AvgIpc) is 3.83. The lowest BCUT2D eigenvalue weighted by Crippen LogP contribution is -2.65. The molecule has 1 amide bonds. The number of rotatable bonds is 14. The Morgan fingerprint density at radius 1 is 0.714 bits per heavy atom. The van der Waals surface area contributed by atoms with E-state index in [9.17, 15) is 22.8 Å². The molecule has 12 nitrogen and oxygen atoms in total. The Morgan fingerprint density at radius 2 is 1.13 bits per heavy atom. The zero-order valence-corrected chi connectivity index (χ0v) is 45.7. The molecule has 392 valence electrons. The van der Waals surface area contributed by atoms with E-state index in [0.717, 1.165) is 49.5 Å². The minimum atomic E-state index is -5.08. The summed E-state index contributed by atoms with van der Waals surface area (Å²) in [6.07, 6.45) is 3.16. The van der Waals surface area contributed by atoms with E-state index in [1.807, 2.05) is 55.5 Å². The number of halogens is 4. The summed E-state index contributed by atoms with van der Waals surface area (Å²) in [6.45, 7) is 24.8. The van der Waals surface area contributed by atoms with Crippen LogP contribution >= 0.6 is 24.0 Å². The Kier molecular flexibility index (Phi) is 20.6. The lowest BCUT2D eigenvalue weighted by molar-refractivity contribution is -0.199. The molecular weight excluding hydrogens is 1020 g/mol. The molecule has 0 radical (unpaired) electrons. The molecule has 2 saturated heterocycles. The number of hydrogen-bond acceptors (Lipinski definition) is 9. The molecule has 6 N–H and O–H groups in total. The lowest BCUT2D eigenvalue weighted by atomic mass is 9.43. The van der Waals surface area contributed by atoms with Crippen LogP contribution < -0.4 is 16.4 Å². The van der Waals surface area contributed by atoms with Crippen LogP contribution in [0.1, 0.15) is 126 Å². The van der Waals surface area contributed by atoms with Gasteiger partial charge in [-0.05, 0) is 130 Å². The Morgan fingerprint density at radius 3 is 1.51 bits per heavy atom. The number of nitrogens with one attached hydrogen (secondary N) is 2. The third-order valence-corrected chi connectivity index (χ3v) is 16.4. The summed E-state index contributed by atoms with van der Waals surface area (Å²) in [5.41, 5.74) is 8.87. The number of aliphatic carboxylic acids is 2. The molecule has 18 heteroatoms. The minimum Gasteiger partial charge on any atom is -0.480 e. The fraction of sp³-hybridized carbons (Fsp3) is 0.712. The predicted molar refractivity (Wildman–Crippen MR) is 278 cm³/mol. The van der Waals surface area contributed by atoms with Crippen molar-refractivity contribution in [2.75, 3.05) is 7.05 Å². The first-order valence-corrected chi connectivity index (χ1v) is 25.0. The quantitative estimate of drug-likeness (QED) is 0.0899. The molecule has 2 aromatic rings. The summed E-state index contributed by atoms with van der Waals surface area (Å²) < 4.78 is 57.4. The van der Waals surface area contributed by atoms with Crippen LogP contribution in [0, 0.1) is 52.3 Å². The minimum absolute atomic E-state index is 0. The lowest BCUT2D eigenvalue weighted by Gasteiger charge is -2.64. The van der Waals surface area contributed by atoms with Crippen molar-refractivity contribution in [3.8, 4) is 0 Å². The second kappa shape index (κ2) is 24.1. The topological polar surface area (TPSA) is 179 Å². The van der Waals surface area contributed by atoms with Gasteiger partial charge in [-0.1, -0.05) is 123 Å². The molecule has 0 spiro atoms. The molecular formula is C52H81B2F3IN3O9. The van der Waals surface area contributed by atoms with Gasteiger partial charge in [0.25, 0.3) is 0 Å². The fourth-order valence-electron chi connectivity index (χ4n) is 12.1. The van der Waals surface area contributed by atoms with E-state index >= 15 is 0 Å². The summed E-state index contributed by atoms with van der Waals surface area (Å²) >= 11 is 0. The Hall–Kier alpha value is -2.74. The maximum absolute atomic E-state index is 13.0. The van der Waals surface area contributed by atoms with Crippen molar-refractivity contribution in [3.63, 3.8) is 0 Å². The van der Waals surface area contributed by atoms with Crippen molar-refractivity contribution in [1.82, 2.24) is 10.6 Å². The molecule has 70 heavy (non-hydrogen) atoms. The number of amides is 1. The monoisotopic (exact) mass is 1100 g/mol. The van der Waals surface area contributed by atoms with Crippen LogP contribution in [0.25, 0.3) is 0 Å². The molecule has 0 unspecified atom stereocenters. The zero-order chi connectivity index (χ0) is 51.4. The van der Waals surface area contributed by atoms with Crippen molar-refractivity contribution >= 4 is 56.1 Å². The van der Waals surface area contributed by atoms with Crippen molar-refractivity contribution in [2.24, 2.45) is 58.0 Å². The first kappa shape index (κ1) is 59.8. The molecule has 6 saturated carbocycles. The summed E-state index contributed by atoms with van der Waals surface area (Å²) in [5.74, 6) is 0.0436. The SMILES string of the molecule is CC(C)C[C@H](N)B1O[C@@H]2C[C@@H]3C[C@@H](C3(C)C)[C@]2(C)O1.CC(C)C[C@H](NC(=O)[C@@H](C)Cc1ccccc1)B1O[C@@H]2C[C@@H]3C[C@@H](C3(C)C)[C@]2(C)O1.CN[C@@H](Cc1ccccc1)C(=O)O.I.O=C(O)C(F)(F)F. The Bertz CT molecular complexity index is 2020. The molecule has 2 aromatic carbocycles. The van der Waals surface area contributed by atoms with Crippen LogP contribution in [0.5, 0.6) is 0 Å². The second-order valence-electron chi connectivity index (χ2n) is 23.0. The van der Waals surface area contributed by atoms with E-state index in [1.54, 1.807) is 7.05 Å². The molecule has 2 aliphatic heterocycles. The number of carboxylic acids is 2. The maximum atomic E-state index is 13.0. The Balaban J connectivity index is 0.000000228. The van der Waals surface area contributed by atoms with Gasteiger partial charge in [-0.2, -0.15) is 13.2 Å². The number of carbonyl (C=O) groups is 3. The summed E-state index contributed by atoms with van der Waals surface area (Å²) in [4.78, 5) is 32.6. The van der Waals surface area contributed by atoms with Gasteiger partial charge in [-0.15, -0.1) is 24.0 Å². The van der Waals surface area contributed by atoms with Crippen LogP contribution in [0.15, 0.2) is 60.7 Å². The maximum Gasteiger partial charge on any atom is 0.490 e. The van der Waals surface area contributed by atoms with Gasteiger partial charge in [0.1, 0.15) is 6.04 Å². The van der Waals surface area contributed by atoms with Gasteiger partial charge in [0, 0.05) is 11.9 Å². The largest absolute Gasteiger partial charge is 0.490 e. The highest BCUT2D eigenvalue weighted by Crippen LogP contribution is 2.67. The van der Waals surface area contributed by atoms with E-state index < -0.39 is 24.2 Å². The van der Waals surface area contributed by atoms with Crippen LogP contribution in [0.3, 0.4) is 0 Å². The smallest absolute Gasteiger partial charge is 0.480 e. The number of carboxylic acid groups (broad SMARTS) is 2. The zero-order valence-electron chi connectivity index (χ0n) is 43.4. The van der Waals surface area contributed by atoms with E-state index in [-0.39, 0.29) is 85.3 Å². The normalized spacial score (nSPS) is 30.0. The van der Waals surface area contributed by atoms with Crippen molar-refractivity contribution < 1.29 is 56.4 Å². The van der Waals surface area contributed by atoms with E-state index in [4.69, 9.17) is 39.4 Å². The number of nitrogens with two attached hydrogens (primary N) is 1. The Labute approximate surface area is 432 Å². The van der Waals surface area contributed by atoms with E-state index in [1.165, 1.54) is 18.4 Å². The molecule has 0 aromatic heterocycles. The van der Waals surface area contributed by atoms with Crippen LogP contribution in [-0.2, 0) is 45.8 Å². The molecule has 10 rings (SSSR count). The number of likely N-dealkylation sites (N-methyl/N-ethyl adjacent to an activating group) is 1. The molecule has 8 fully saturated rings. The van der Waals surface area contributed by atoms with Gasteiger partial charge in [0.05, 0.1) is 29.4 Å². The van der Waals surface area contributed by atoms with Crippen LogP contribution in [0.2, 0.25) is 0 Å². The fourth-order valence-corrected chi connectivity index (χ4v) is 12.1. The number of carbonyl (C=O) groups excluding carboxylic acids is 1. The highest BCUT2D eigenvalue weighted by molar-refractivity contribution is 14.0. The van der Waals surface area contributed by atoms with Gasteiger partial charge in [-0.3, -0.25) is 9.59 Å². The van der Waals surface area contributed by atoms with Gasteiger partial charge in [0.15, 0.2) is 0 Å². The van der Waals surface area contributed by atoms with Gasteiger partial charge >= 0.3 is 32.4 Å². The van der Waals surface area contributed by atoms with Gasteiger partial charge < -0.3 is 45.2 Å². The molecule has 8 aliphatic rings. The molecule has 6 aliphatic carbocycles. The summed E-state index contributed by atoms with van der Waals surface area (Å²) in [6, 6.07) is 19.3. The van der Waals surface area contributed by atoms with E-state index in [0.29, 0.717) is 40.9 Å². The molecule has 4 bridgehead atoms.